The number of fused-ring (bicyclic) bond motifs is 1. The van der Waals surface area contributed by atoms with E-state index in [1.165, 1.54) is 43.6 Å². The van der Waals surface area contributed by atoms with Crippen LogP contribution >= 0.6 is 0 Å². The van der Waals surface area contributed by atoms with Crippen LogP contribution in [-0.2, 0) is 0 Å². The summed E-state index contributed by atoms with van der Waals surface area (Å²) in [5.74, 6) is 1.92. The lowest BCUT2D eigenvalue weighted by molar-refractivity contribution is 0.391. The van der Waals surface area contributed by atoms with E-state index in [9.17, 15) is 0 Å². The predicted molar refractivity (Wildman–Crippen MR) is 73.4 cm³/mol. The SMILES string of the molecule is Cc1nc2ncnn2c(N2CCCC3(CC3)C2)c1C. The second-order valence-corrected chi connectivity index (χ2v) is 6.14. The van der Waals surface area contributed by atoms with Crippen molar-refractivity contribution in [1.29, 1.82) is 0 Å². The van der Waals surface area contributed by atoms with E-state index in [1.54, 1.807) is 6.33 Å². The van der Waals surface area contributed by atoms with Crippen molar-refractivity contribution in [3.05, 3.63) is 17.6 Å². The first-order valence-electron chi connectivity index (χ1n) is 7.10. The maximum Gasteiger partial charge on any atom is 0.254 e. The summed E-state index contributed by atoms with van der Waals surface area (Å²) in [7, 11) is 0. The minimum Gasteiger partial charge on any atom is -0.356 e. The number of hydrogen-bond acceptors (Lipinski definition) is 4. The van der Waals surface area contributed by atoms with Crippen LogP contribution in [0.5, 0.6) is 0 Å². The van der Waals surface area contributed by atoms with Crippen molar-refractivity contribution in [2.45, 2.75) is 39.5 Å². The number of aryl methyl sites for hydroxylation is 1. The van der Waals surface area contributed by atoms with Gasteiger partial charge in [-0.3, -0.25) is 0 Å². The van der Waals surface area contributed by atoms with Crippen molar-refractivity contribution in [1.82, 2.24) is 19.6 Å². The van der Waals surface area contributed by atoms with E-state index in [0.29, 0.717) is 11.2 Å². The van der Waals surface area contributed by atoms with Gasteiger partial charge in [0.2, 0.25) is 0 Å². The maximum atomic E-state index is 4.51. The van der Waals surface area contributed by atoms with Crippen LogP contribution < -0.4 is 4.90 Å². The Hall–Kier alpha value is -1.65. The standard InChI is InChI=1S/C14H19N5/c1-10-11(2)17-13-15-9-16-19(13)12(10)18-7-3-4-14(8-18)5-6-14/h9H,3-8H2,1-2H3. The smallest absolute Gasteiger partial charge is 0.254 e. The van der Waals surface area contributed by atoms with Gasteiger partial charge in [0.1, 0.15) is 12.1 Å². The molecule has 2 aromatic heterocycles. The zero-order valence-electron chi connectivity index (χ0n) is 11.6. The van der Waals surface area contributed by atoms with E-state index in [-0.39, 0.29) is 0 Å². The second kappa shape index (κ2) is 3.68. The average molecular weight is 257 g/mol. The molecule has 1 aliphatic carbocycles. The molecule has 1 saturated carbocycles. The van der Waals surface area contributed by atoms with Crippen LogP contribution in [0, 0.1) is 19.3 Å². The van der Waals surface area contributed by atoms with Gasteiger partial charge in [-0.1, -0.05) is 0 Å². The summed E-state index contributed by atoms with van der Waals surface area (Å²) in [4.78, 5) is 11.2. The molecule has 2 aromatic rings. The molecule has 0 bridgehead atoms. The zero-order valence-corrected chi connectivity index (χ0v) is 11.6. The van der Waals surface area contributed by atoms with Crippen molar-refractivity contribution >= 4 is 11.6 Å². The first-order chi connectivity index (χ1) is 9.19. The third-order valence-corrected chi connectivity index (χ3v) is 4.79. The normalized spacial score (nSPS) is 21.3. The van der Waals surface area contributed by atoms with Crippen molar-refractivity contribution < 1.29 is 0 Å². The van der Waals surface area contributed by atoms with Gasteiger partial charge in [0, 0.05) is 24.3 Å². The third kappa shape index (κ3) is 1.64. The average Bonchev–Trinajstić information content (AvgIpc) is 2.97. The fourth-order valence-corrected chi connectivity index (χ4v) is 3.36. The molecule has 2 fully saturated rings. The molecule has 0 aromatic carbocycles. The van der Waals surface area contributed by atoms with Crippen molar-refractivity contribution in [3.63, 3.8) is 0 Å². The van der Waals surface area contributed by atoms with Crippen LogP contribution in [0.25, 0.3) is 5.78 Å². The summed E-state index contributed by atoms with van der Waals surface area (Å²) in [5.41, 5.74) is 2.90. The fraction of sp³-hybridized carbons (Fsp3) is 0.643. The molecule has 0 atom stereocenters. The summed E-state index contributed by atoms with van der Waals surface area (Å²) in [5, 5.41) is 4.37. The van der Waals surface area contributed by atoms with Crippen LogP contribution in [0.2, 0.25) is 0 Å². The molecule has 3 heterocycles. The Bertz CT molecular complexity index is 641. The van der Waals surface area contributed by atoms with Gasteiger partial charge in [-0.15, -0.1) is 0 Å². The predicted octanol–water partition coefficient (Wildman–Crippen LogP) is 2.12. The molecule has 0 amide bonds. The highest BCUT2D eigenvalue weighted by atomic mass is 15.4. The molecule has 4 rings (SSSR count). The number of rotatable bonds is 1. The van der Waals surface area contributed by atoms with Gasteiger partial charge < -0.3 is 4.90 Å². The van der Waals surface area contributed by atoms with Crippen LogP contribution in [-0.4, -0.2) is 32.7 Å². The van der Waals surface area contributed by atoms with E-state index >= 15 is 0 Å². The summed E-state index contributed by atoms with van der Waals surface area (Å²) >= 11 is 0. The highest BCUT2D eigenvalue weighted by Crippen LogP contribution is 2.52. The molecule has 100 valence electrons. The van der Waals surface area contributed by atoms with Crippen molar-refractivity contribution in [2.24, 2.45) is 5.41 Å². The molecule has 5 nitrogen and oxygen atoms in total. The second-order valence-electron chi connectivity index (χ2n) is 6.14. The zero-order chi connectivity index (χ0) is 13.0. The molecule has 5 heteroatoms. The first kappa shape index (κ1) is 11.2. The molecule has 1 aliphatic heterocycles. The summed E-state index contributed by atoms with van der Waals surface area (Å²) in [6, 6.07) is 0. The van der Waals surface area contributed by atoms with E-state index in [4.69, 9.17) is 0 Å². The quantitative estimate of drug-likeness (QED) is 0.785. The molecule has 1 spiro atoms. The van der Waals surface area contributed by atoms with Crippen LogP contribution in [0.3, 0.4) is 0 Å². The van der Waals surface area contributed by atoms with Gasteiger partial charge >= 0.3 is 0 Å². The first-order valence-corrected chi connectivity index (χ1v) is 7.10. The number of piperidine rings is 1. The molecule has 0 radical (unpaired) electrons. The van der Waals surface area contributed by atoms with E-state index in [0.717, 1.165) is 12.2 Å². The van der Waals surface area contributed by atoms with E-state index < -0.39 is 0 Å². The fourth-order valence-electron chi connectivity index (χ4n) is 3.36. The monoisotopic (exact) mass is 257 g/mol. The molecule has 1 saturated heterocycles. The molecule has 2 aliphatic rings. The Morgan fingerprint density at radius 1 is 1.21 bits per heavy atom. The lowest BCUT2D eigenvalue weighted by Crippen LogP contribution is -2.38. The Morgan fingerprint density at radius 3 is 2.84 bits per heavy atom. The number of anilines is 1. The van der Waals surface area contributed by atoms with Crippen LogP contribution in [0.1, 0.15) is 36.9 Å². The highest BCUT2D eigenvalue weighted by molar-refractivity contribution is 5.54. The van der Waals surface area contributed by atoms with Gasteiger partial charge in [-0.05, 0) is 44.9 Å². The number of nitrogens with zero attached hydrogens (tertiary/aromatic N) is 5. The maximum absolute atomic E-state index is 4.51. The van der Waals surface area contributed by atoms with Crippen molar-refractivity contribution in [2.75, 3.05) is 18.0 Å². The highest BCUT2D eigenvalue weighted by Gasteiger charge is 2.46. The van der Waals surface area contributed by atoms with E-state index in [2.05, 4.69) is 33.8 Å². The molecular formula is C14H19N5. The summed E-state index contributed by atoms with van der Waals surface area (Å²) in [6.07, 6.45) is 7.08. The lowest BCUT2D eigenvalue weighted by atomic mass is 9.95. The summed E-state index contributed by atoms with van der Waals surface area (Å²) in [6.45, 7) is 6.50. The van der Waals surface area contributed by atoms with Gasteiger partial charge in [-0.2, -0.15) is 14.6 Å². The van der Waals surface area contributed by atoms with Crippen LogP contribution in [0.4, 0.5) is 5.82 Å². The molecule has 0 unspecified atom stereocenters. The Balaban J connectivity index is 1.84. The largest absolute Gasteiger partial charge is 0.356 e. The Kier molecular flexibility index (Phi) is 2.17. The molecule has 0 N–H and O–H groups in total. The Morgan fingerprint density at radius 2 is 2.05 bits per heavy atom. The number of aromatic nitrogens is 4. The Labute approximate surface area is 112 Å². The van der Waals surface area contributed by atoms with Gasteiger partial charge in [0.15, 0.2) is 0 Å². The molecule has 19 heavy (non-hydrogen) atoms. The minimum absolute atomic E-state index is 0.606. The van der Waals surface area contributed by atoms with Gasteiger partial charge in [0.25, 0.3) is 5.78 Å². The van der Waals surface area contributed by atoms with Crippen molar-refractivity contribution in [3.8, 4) is 0 Å². The lowest BCUT2D eigenvalue weighted by Gasteiger charge is -2.35. The minimum atomic E-state index is 0.606. The number of hydrogen-bond donors (Lipinski definition) is 0. The summed E-state index contributed by atoms with van der Waals surface area (Å²) < 4.78 is 1.91. The third-order valence-electron chi connectivity index (χ3n) is 4.79. The van der Waals surface area contributed by atoms with Gasteiger partial charge in [-0.25, -0.2) is 4.98 Å². The van der Waals surface area contributed by atoms with E-state index in [1.807, 2.05) is 4.52 Å². The van der Waals surface area contributed by atoms with Gasteiger partial charge in [0.05, 0.1) is 0 Å². The topological polar surface area (TPSA) is 46.3 Å². The molecular weight excluding hydrogens is 238 g/mol. The van der Waals surface area contributed by atoms with Crippen LogP contribution in [0.15, 0.2) is 6.33 Å².